The van der Waals surface area contributed by atoms with Crippen molar-refractivity contribution < 1.29 is 17.2 Å². The van der Waals surface area contributed by atoms with Gasteiger partial charge in [-0.05, 0) is 46.9 Å². The zero-order valence-corrected chi connectivity index (χ0v) is 16.7. The number of hydrogen-bond donors (Lipinski definition) is 1. The minimum atomic E-state index is -3.48. The minimum absolute atomic E-state index is 0.0175. The molecule has 0 aliphatic rings. The van der Waals surface area contributed by atoms with Gasteiger partial charge in [-0.25, -0.2) is 17.2 Å². The van der Waals surface area contributed by atoms with Gasteiger partial charge in [0.2, 0.25) is 0 Å². The molecule has 0 aliphatic carbocycles. The topological polar surface area (TPSA) is 82.8 Å². The number of rotatable bonds is 5. The summed E-state index contributed by atoms with van der Waals surface area (Å²) in [4.78, 5) is 0.0715. The van der Waals surface area contributed by atoms with E-state index in [1.165, 1.54) is 18.2 Å². The van der Waals surface area contributed by atoms with Crippen molar-refractivity contribution in [3.8, 4) is 6.07 Å². The van der Waals surface area contributed by atoms with Gasteiger partial charge in [-0.15, -0.1) is 0 Å². The number of nitrogens with zero attached hydrogens (tertiary/aromatic N) is 2. The molecule has 1 atom stereocenters. The lowest BCUT2D eigenvalue weighted by atomic mass is 9.98. The van der Waals surface area contributed by atoms with Crippen molar-refractivity contribution in [1.82, 2.24) is 4.37 Å². The molecular formula is C18H12ClF2N3O2S2. The highest BCUT2D eigenvalue weighted by atomic mass is 35.5. The average molecular weight is 440 g/mol. The van der Waals surface area contributed by atoms with Crippen LogP contribution < -0.4 is 5.32 Å². The third kappa shape index (κ3) is 4.14. The number of anilines is 1. The molecule has 0 amide bonds. The highest BCUT2D eigenvalue weighted by Gasteiger charge is 2.22. The van der Waals surface area contributed by atoms with Gasteiger partial charge in [-0.2, -0.15) is 9.64 Å². The van der Waals surface area contributed by atoms with Crippen LogP contribution >= 0.6 is 23.1 Å². The SMILES string of the molecule is CS(=O)(=O)c1cccc(C(Nc2snc(Cl)c2C#N)c2ccc(F)c(F)c2)c1. The fourth-order valence-corrected chi connectivity index (χ4v) is 4.21. The van der Waals surface area contributed by atoms with E-state index in [1.807, 2.05) is 6.07 Å². The summed E-state index contributed by atoms with van der Waals surface area (Å²) < 4.78 is 54.9. The summed E-state index contributed by atoms with van der Waals surface area (Å²) >= 11 is 6.83. The summed E-state index contributed by atoms with van der Waals surface area (Å²) in [6, 6.07) is 10.6. The predicted molar refractivity (Wildman–Crippen MR) is 103 cm³/mol. The molecule has 1 heterocycles. The van der Waals surface area contributed by atoms with Crippen molar-refractivity contribution in [2.24, 2.45) is 0 Å². The number of hydrogen-bond acceptors (Lipinski definition) is 6. The Hall–Kier alpha value is -2.54. The highest BCUT2D eigenvalue weighted by Crippen LogP contribution is 2.34. The Labute approximate surface area is 169 Å². The fourth-order valence-electron chi connectivity index (χ4n) is 2.57. The van der Waals surface area contributed by atoms with Gasteiger partial charge < -0.3 is 5.32 Å². The molecule has 0 spiro atoms. The van der Waals surface area contributed by atoms with Gasteiger partial charge in [0, 0.05) is 6.26 Å². The van der Waals surface area contributed by atoms with E-state index < -0.39 is 27.5 Å². The van der Waals surface area contributed by atoms with E-state index in [2.05, 4.69) is 9.69 Å². The van der Waals surface area contributed by atoms with Crippen molar-refractivity contribution in [3.63, 3.8) is 0 Å². The van der Waals surface area contributed by atoms with Crippen LogP contribution in [0.1, 0.15) is 22.7 Å². The van der Waals surface area contributed by atoms with Crippen molar-refractivity contribution >= 4 is 38.0 Å². The molecule has 0 saturated carbocycles. The van der Waals surface area contributed by atoms with E-state index in [1.54, 1.807) is 12.1 Å². The molecule has 1 aromatic heterocycles. The lowest BCUT2D eigenvalue weighted by molar-refractivity contribution is 0.506. The Bertz CT molecular complexity index is 1190. The molecule has 28 heavy (non-hydrogen) atoms. The zero-order chi connectivity index (χ0) is 20.5. The lowest BCUT2D eigenvalue weighted by Crippen LogP contribution is -2.13. The third-order valence-corrected chi connectivity index (χ3v) is 6.20. The molecule has 0 saturated heterocycles. The van der Waals surface area contributed by atoms with Crippen molar-refractivity contribution in [2.45, 2.75) is 10.9 Å². The monoisotopic (exact) mass is 439 g/mol. The number of sulfone groups is 1. The predicted octanol–water partition coefficient (Wildman–Crippen LogP) is 4.55. The Morgan fingerprint density at radius 2 is 1.89 bits per heavy atom. The molecule has 3 aromatic rings. The fraction of sp³-hybridized carbons (Fsp3) is 0.111. The van der Waals surface area contributed by atoms with Crippen molar-refractivity contribution in [2.75, 3.05) is 11.6 Å². The van der Waals surface area contributed by atoms with Crippen LogP contribution in [0.25, 0.3) is 0 Å². The smallest absolute Gasteiger partial charge is 0.175 e. The zero-order valence-electron chi connectivity index (χ0n) is 14.3. The Morgan fingerprint density at radius 1 is 1.18 bits per heavy atom. The lowest BCUT2D eigenvalue weighted by Gasteiger charge is -2.21. The first-order valence-electron chi connectivity index (χ1n) is 7.77. The molecule has 0 radical (unpaired) electrons. The van der Waals surface area contributed by atoms with Gasteiger partial charge in [0.25, 0.3) is 0 Å². The molecule has 0 bridgehead atoms. The Morgan fingerprint density at radius 3 is 2.54 bits per heavy atom. The van der Waals surface area contributed by atoms with Crippen LogP contribution in [-0.4, -0.2) is 19.0 Å². The van der Waals surface area contributed by atoms with Gasteiger partial charge in [0.15, 0.2) is 26.6 Å². The average Bonchev–Trinajstić information content (AvgIpc) is 3.01. The molecule has 0 fully saturated rings. The Kier molecular flexibility index (Phi) is 5.65. The number of nitriles is 1. The first-order valence-corrected chi connectivity index (χ1v) is 10.8. The molecule has 1 unspecified atom stereocenters. The van der Waals surface area contributed by atoms with E-state index in [0.29, 0.717) is 16.1 Å². The largest absolute Gasteiger partial charge is 0.364 e. The second kappa shape index (κ2) is 7.83. The quantitative estimate of drug-likeness (QED) is 0.630. The molecular weight excluding hydrogens is 428 g/mol. The molecule has 1 N–H and O–H groups in total. The number of halogens is 3. The number of benzene rings is 2. The van der Waals surface area contributed by atoms with Crippen LogP contribution in [0.4, 0.5) is 13.8 Å². The Balaban J connectivity index is 2.14. The van der Waals surface area contributed by atoms with E-state index in [0.717, 1.165) is 29.9 Å². The molecule has 3 rings (SSSR count). The molecule has 0 aliphatic heterocycles. The normalized spacial score (nSPS) is 12.4. The van der Waals surface area contributed by atoms with Crippen LogP contribution in [-0.2, 0) is 9.84 Å². The maximum absolute atomic E-state index is 13.8. The van der Waals surface area contributed by atoms with Crippen LogP contribution in [0.2, 0.25) is 5.15 Å². The number of aromatic nitrogens is 1. The third-order valence-electron chi connectivity index (χ3n) is 3.93. The van der Waals surface area contributed by atoms with E-state index in [4.69, 9.17) is 11.6 Å². The van der Waals surface area contributed by atoms with Crippen molar-refractivity contribution in [3.05, 3.63) is 75.9 Å². The van der Waals surface area contributed by atoms with Crippen LogP contribution in [0.5, 0.6) is 0 Å². The first kappa shape index (κ1) is 20.2. The summed E-state index contributed by atoms with van der Waals surface area (Å²) in [5, 5.41) is 12.7. The van der Waals surface area contributed by atoms with Crippen LogP contribution in [0.15, 0.2) is 47.4 Å². The van der Waals surface area contributed by atoms with Gasteiger partial charge in [0.05, 0.1) is 10.9 Å². The van der Waals surface area contributed by atoms with Gasteiger partial charge >= 0.3 is 0 Å². The summed E-state index contributed by atoms with van der Waals surface area (Å²) in [5.74, 6) is -2.06. The minimum Gasteiger partial charge on any atom is -0.364 e. The summed E-state index contributed by atoms with van der Waals surface area (Å²) in [7, 11) is -3.48. The first-order chi connectivity index (χ1) is 13.2. The van der Waals surface area contributed by atoms with Gasteiger partial charge in [-0.3, -0.25) is 0 Å². The highest BCUT2D eigenvalue weighted by molar-refractivity contribution is 7.90. The molecule has 10 heteroatoms. The molecule has 144 valence electrons. The standard InChI is InChI=1S/C18H12ClF2N3O2S2/c1-28(25,26)12-4-2-3-10(7-12)16(11-5-6-14(20)15(21)8-11)23-18-13(9-22)17(19)24-27-18/h2-8,16,23H,1H3. The summed E-state index contributed by atoms with van der Waals surface area (Å²) in [5.41, 5.74) is 0.916. The summed E-state index contributed by atoms with van der Waals surface area (Å²) in [6.45, 7) is 0. The maximum atomic E-state index is 13.8. The second-order valence-corrected chi connectivity index (χ2v) is 9.03. The van der Waals surface area contributed by atoms with E-state index in [9.17, 15) is 22.5 Å². The van der Waals surface area contributed by atoms with Crippen molar-refractivity contribution in [1.29, 1.82) is 5.26 Å². The molecule has 2 aromatic carbocycles. The van der Waals surface area contributed by atoms with Crippen LogP contribution in [0, 0.1) is 23.0 Å². The van der Waals surface area contributed by atoms with Gasteiger partial charge in [-0.1, -0.05) is 29.8 Å². The molecule has 5 nitrogen and oxygen atoms in total. The van der Waals surface area contributed by atoms with E-state index >= 15 is 0 Å². The number of nitrogens with one attached hydrogen (secondary N) is 1. The van der Waals surface area contributed by atoms with E-state index in [-0.39, 0.29) is 15.6 Å². The van der Waals surface area contributed by atoms with Crippen LogP contribution in [0.3, 0.4) is 0 Å². The summed E-state index contributed by atoms with van der Waals surface area (Å²) in [6.07, 6.45) is 1.07. The second-order valence-electron chi connectivity index (χ2n) is 5.88. The van der Waals surface area contributed by atoms with Gasteiger partial charge in [0.1, 0.15) is 16.6 Å². The maximum Gasteiger partial charge on any atom is 0.175 e.